The quantitative estimate of drug-likeness (QED) is 0.844. The summed E-state index contributed by atoms with van der Waals surface area (Å²) in [6.45, 7) is 0.668. The van der Waals surface area contributed by atoms with Gasteiger partial charge < -0.3 is 10.6 Å². The van der Waals surface area contributed by atoms with Crippen molar-refractivity contribution in [2.45, 2.75) is 5.92 Å². The average molecular weight is 255 g/mol. The lowest BCUT2D eigenvalue weighted by molar-refractivity contribution is -0.116. The Labute approximate surface area is 91.0 Å². The molecule has 0 radical (unpaired) electrons. The highest BCUT2D eigenvalue weighted by Gasteiger charge is 2.31. The highest BCUT2D eigenvalue weighted by molar-refractivity contribution is 9.10. The summed E-state index contributed by atoms with van der Waals surface area (Å²) in [6, 6.07) is 5.81. The van der Waals surface area contributed by atoms with E-state index in [1.54, 1.807) is 0 Å². The summed E-state index contributed by atoms with van der Waals surface area (Å²) < 4.78 is 0.994. The molecular weight excluding hydrogens is 244 g/mol. The van der Waals surface area contributed by atoms with E-state index in [2.05, 4.69) is 26.6 Å². The second-order valence-corrected chi connectivity index (χ2v) is 4.15. The fraction of sp³-hybridized carbons (Fsp3) is 0.300. The predicted molar refractivity (Wildman–Crippen MR) is 59.4 cm³/mol. The van der Waals surface area contributed by atoms with Crippen LogP contribution in [0.25, 0.3) is 0 Å². The van der Waals surface area contributed by atoms with Crippen LogP contribution in [0.4, 0.5) is 5.69 Å². The van der Waals surface area contributed by atoms with Crippen molar-refractivity contribution in [1.29, 1.82) is 0 Å². The molecule has 14 heavy (non-hydrogen) atoms. The van der Waals surface area contributed by atoms with Gasteiger partial charge in [0.05, 0.1) is 5.92 Å². The molecule has 3 nitrogen and oxygen atoms in total. The molecule has 0 saturated carbocycles. The van der Waals surface area contributed by atoms with Gasteiger partial charge in [0.1, 0.15) is 0 Å². The van der Waals surface area contributed by atoms with E-state index < -0.39 is 0 Å². The fourth-order valence-corrected chi connectivity index (χ4v) is 2.39. The van der Waals surface area contributed by atoms with Gasteiger partial charge in [0, 0.05) is 22.3 Å². The van der Waals surface area contributed by atoms with Crippen LogP contribution in [-0.4, -0.2) is 19.5 Å². The first kappa shape index (κ1) is 9.68. The highest BCUT2D eigenvalue weighted by Crippen LogP contribution is 2.37. The fourth-order valence-electron chi connectivity index (χ4n) is 1.75. The molecule has 0 fully saturated rings. The Kier molecular flexibility index (Phi) is 2.56. The summed E-state index contributed by atoms with van der Waals surface area (Å²) in [5.74, 6) is -0.00757. The van der Waals surface area contributed by atoms with Crippen molar-refractivity contribution < 1.29 is 4.79 Å². The Morgan fingerprint density at radius 3 is 3.07 bits per heavy atom. The van der Waals surface area contributed by atoms with E-state index in [-0.39, 0.29) is 11.8 Å². The van der Waals surface area contributed by atoms with Crippen LogP contribution in [0.2, 0.25) is 0 Å². The molecular formula is C10H11BrN2O. The Morgan fingerprint density at radius 2 is 2.36 bits per heavy atom. The van der Waals surface area contributed by atoms with Crippen LogP contribution in [0.15, 0.2) is 22.7 Å². The topological polar surface area (TPSA) is 41.1 Å². The number of amides is 1. The van der Waals surface area contributed by atoms with Crippen LogP contribution >= 0.6 is 15.9 Å². The molecule has 1 aromatic rings. The minimum atomic E-state index is -0.0782. The Balaban J connectivity index is 2.44. The zero-order chi connectivity index (χ0) is 10.1. The third kappa shape index (κ3) is 1.44. The monoisotopic (exact) mass is 254 g/mol. The zero-order valence-electron chi connectivity index (χ0n) is 7.80. The molecule has 0 spiro atoms. The van der Waals surface area contributed by atoms with Gasteiger partial charge in [-0.3, -0.25) is 4.79 Å². The predicted octanol–water partition coefficient (Wildman–Crippen LogP) is 1.70. The van der Waals surface area contributed by atoms with Crippen LogP contribution in [0, 0.1) is 0 Å². The maximum atomic E-state index is 11.6. The molecule has 1 amide bonds. The van der Waals surface area contributed by atoms with Crippen molar-refractivity contribution in [3.05, 3.63) is 28.2 Å². The maximum Gasteiger partial charge on any atom is 0.233 e. The number of likely N-dealkylation sites (N-methyl/N-ethyl adjacent to an activating group) is 1. The van der Waals surface area contributed by atoms with Crippen LogP contribution in [0.1, 0.15) is 11.5 Å². The van der Waals surface area contributed by atoms with Gasteiger partial charge >= 0.3 is 0 Å². The van der Waals surface area contributed by atoms with Crippen LogP contribution < -0.4 is 10.6 Å². The Hall–Kier alpha value is -0.870. The van der Waals surface area contributed by atoms with E-state index in [0.717, 1.165) is 15.7 Å². The van der Waals surface area contributed by atoms with Gasteiger partial charge in [-0.2, -0.15) is 0 Å². The summed E-state index contributed by atoms with van der Waals surface area (Å²) in [7, 11) is 1.85. The summed E-state index contributed by atoms with van der Waals surface area (Å²) in [5.41, 5.74) is 1.98. The maximum absolute atomic E-state index is 11.6. The van der Waals surface area contributed by atoms with Crippen LogP contribution in [-0.2, 0) is 4.79 Å². The van der Waals surface area contributed by atoms with Crippen molar-refractivity contribution in [2.24, 2.45) is 0 Å². The van der Waals surface area contributed by atoms with Crippen molar-refractivity contribution >= 4 is 27.5 Å². The molecule has 74 valence electrons. The van der Waals surface area contributed by atoms with Gasteiger partial charge in [-0.15, -0.1) is 0 Å². The molecule has 0 saturated heterocycles. The van der Waals surface area contributed by atoms with Gasteiger partial charge in [0.15, 0.2) is 0 Å². The first-order valence-electron chi connectivity index (χ1n) is 4.48. The molecule has 1 aliphatic heterocycles. The Bertz CT molecular complexity index is 378. The number of nitrogens with one attached hydrogen (secondary N) is 2. The largest absolute Gasteiger partial charge is 0.325 e. The summed E-state index contributed by atoms with van der Waals surface area (Å²) >= 11 is 3.47. The van der Waals surface area contributed by atoms with E-state index >= 15 is 0 Å². The average Bonchev–Trinajstić information content (AvgIpc) is 2.45. The smallest absolute Gasteiger partial charge is 0.233 e. The molecule has 0 aromatic heterocycles. The molecule has 1 aromatic carbocycles. The summed E-state index contributed by atoms with van der Waals surface area (Å²) in [6.07, 6.45) is 0. The number of benzene rings is 1. The number of hydrogen-bond donors (Lipinski definition) is 2. The standard InChI is InChI=1S/C10H11BrN2O/c1-12-5-6-9-7(11)3-2-4-8(9)13-10(6)14/h2-4,6,12H,5H2,1H3,(H,13,14). The second-order valence-electron chi connectivity index (χ2n) is 3.30. The number of carbonyl (C=O) groups is 1. The number of carbonyl (C=O) groups excluding carboxylic acids is 1. The normalized spacial score (nSPS) is 19.3. The molecule has 1 unspecified atom stereocenters. The number of anilines is 1. The SMILES string of the molecule is CNCC1C(=O)Nc2cccc(Br)c21. The van der Waals surface area contributed by atoms with Crippen molar-refractivity contribution in [1.82, 2.24) is 5.32 Å². The van der Waals surface area contributed by atoms with Crippen molar-refractivity contribution in [3.63, 3.8) is 0 Å². The number of halogens is 1. The van der Waals surface area contributed by atoms with E-state index in [1.165, 1.54) is 0 Å². The molecule has 1 heterocycles. The van der Waals surface area contributed by atoms with Crippen molar-refractivity contribution in [3.8, 4) is 0 Å². The van der Waals surface area contributed by atoms with Gasteiger partial charge in [0.2, 0.25) is 5.91 Å². The second kappa shape index (κ2) is 3.71. The van der Waals surface area contributed by atoms with E-state index in [0.29, 0.717) is 6.54 Å². The first-order chi connectivity index (χ1) is 6.74. The van der Waals surface area contributed by atoms with E-state index in [4.69, 9.17) is 0 Å². The minimum Gasteiger partial charge on any atom is -0.325 e. The van der Waals surface area contributed by atoms with Crippen LogP contribution in [0.3, 0.4) is 0 Å². The molecule has 1 atom stereocenters. The molecule has 0 bridgehead atoms. The first-order valence-corrected chi connectivity index (χ1v) is 5.27. The molecule has 2 rings (SSSR count). The third-order valence-corrected chi connectivity index (χ3v) is 3.08. The molecule has 1 aliphatic rings. The lowest BCUT2D eigenvalue weighted by Gasteiger charge is -2.08. The van der Waals surface area contributed by atoms with Gasteiger partial charge in [-0.05, 0) is 19.2 Å². The highest BCUT2D eigenvalue weighted by atomic mass is 79.9. The van der Waals surface area contributed by atoms with E-state index in [1.807, 2.05) is 25.2 Å². The number of fused-ring (bicyclic) bond motifs is 1. The summed E-state index contributed by atoms with van der Waals surface area (Å²) in [4.78, 5) is 11.6. The van der Waals surface area contributed by atoms with Gasteiger partial charge in [-0.1, -0.05) is 22.0 Å². The van der Waals surface area contributed by atoms with Gasteiger partial charge in [0.25, 0.3) is 0 Å². The number of rotatable bonds is 2. The minimum absolute atomic E-state index is 0.0706. The van der Waals surface area contributed by atoms with E-state index in [9.17, 15) is 4.79 Å². The summed E-state index contributed by atoms with van der Waals surface area (Å²) in [5, 5.41) is 5.89. The zero-order valence-corrected chi connectivity index (χ0v) is 9.39. The molecule has 4 heteroatoms. The lowest BCUT2D eigenvalue weighted by atomic mass is 10.0. The Morgan fingerprint density at radius 1 is 1.57 bits per heavy atom. The number of hydrogen-bond acceptors (Lipinski definition) is 2. The molecule has 0 aliphatic carbocycles. The van der Waals surface area contributed by atoms with Crippen molar-refractivity contribution in [2.75, 3.05) is 18.9 Å². The molecule has 2 N–H and O–H groups in total. The van der Waals surface area contributed by atoms with Gasteiger partial charge in [-0.25, -0.2) is 0 Å². The van der Waals surface area contributed by atoms with Crippen LogP contribution in [0.5, 0.6) is 0 Å². The lowest BCUT2D eigenvalue weighted by Crippen LogP contribution is -2.23. The third-order valence-electron chi connectivity index (χ3n) is 2.38.